The first kappa shape index (κ1) is 38.2. The Morgan fingerprint density at radius 3 is 1.62 bits per heavy atom. The minimum Gasteiger partial charge on any atom is -0.480 e. The zero-order valence-electron chi connectivity index (χ0n) is 25.6. The van der Waals surface area contributed by atoms with Crippen LogP contribution in [0, 0.1) is 0 Å². The summed E-state index contributed by atoms with van der Waals surface area (Å²) in [7, 11) is 0. The predicted octanol–water partition coefficient (Wildman–Crippen LogP) is 7.52. The highest BCUT2D eigenvalue weighted by atomic mass is 16.6. The van der Waals surface area contributed by atoms with Crippen molar-refractivity contribution in [1.82, 2.24) is 10.2 Å². The summed E-state index contributed by atoms with van der Waals surface area (Å²) >= 11 is 0. The van der Waals surface area contributed by atoms with Gasteiger partial charge in [0.25, 0.3) is 0 Å². The standard InChI is InChI=1S/C26H25NO4.C11H15NO2.2CH4/c1-2-27(24(25(28)29)16-18-10-4-3-5-11-18)26(30)31-17-23-21-14-8-6-12-19(21)20-13-7-9-15-22(20)23;1-2-12-10(11(13)14)8-9-6-4-3-5-7-9;;/h3-15,23-24H,2,16-17H2,1H3,(H,28,29);3-7,10,12H,2,8H2,1H3,(H,13,14);2*1H4/t24-;10-;;/m00../s1. The number of hydrogen-bond donors (Lipinski definition) is 3. The minimum atomic E-state index is -1.04. The highest BCUT2D eigenvalue weighted by Crippen LogP contribution is 2.44. The molecule has 47 heavy (non-hydrogen) atoms. The van der Waals surface area contributed by atoms with Gasteiger partial charge in [-0.3, -0.25) is 9.69 Å². The van der Waals surface area contributed by atoms with Crippen molar-refractivity contribution in [1.29, 1.82) is 0 Å². The van der Waals surface area contributed by atoms with Crippen molar-refractivity contribution in [2.75, 3.05) is 19.7 Å². The van der Waals surface area contributed by atoms with Crippen LogP contribution in [-0.4, -0.2) is 64.9 Å². The summed E-state index contributed by atoms with van der Waals surface area (Å²) in [5.41, 5.74) is 6.45. The number of likely N-dealkylation sites (N-methyl/N-ethyl adjacent to an activating group) is 2. The number of aliphatic carboxylic acids is 2. The SMILES string of the molecule is C.C.CCN(C(=O)OCC1c2ccccc2-c2ccccc21)[C@@H](Cc1ccccc1)C(=O)O.CCN[C@@H](Cc1ccccc1)C(=O)O. The molecule has 0 saturated carbocycles. The van der Waals surface area contributed by atoms with E-state index in [1.165, 1.54) is 4.90 Å². The molecule has 0 aliphatic heterocycles. The van der Waals surface area contributed by atoms with Gasteiger partial charge < -0.3 is 20.3 Å². The van der Waals surface area contributed by atoms with E-state index in [0.29, 0.717) is 13.0 Å². The number of ether oxygens (including phenoxy) is 1. The zero-order valence-corrected chi connectivity index (χ0v) is 25.6. The van der Waals surface area contributed by atoms with E-state index < -0.39 is 30.1 Å². The normalized spacial score (nSPS) is 12.4. The number of nitrogens with one attached hydrogen (secondary N) is 1. The van der Waals surface area contributed by atoms with Gasteiger partial charge in [0, 0.05) is 18.9 Å². The smallest absolute Gasteiger partial charge is 0.410 e. The van der Waals surface area contributed by atoms with Crippen LogP contribution in [0.15, 0.2) is 109 Å². The lowest BCUT2D eigenvalue weighted by Crippen LogP contribution is -2.46. The number of carbonyl (C=O) groups is 3. The summed E-state index contributed by atoms with van der Waals surface area (Å²) in [6.07, 6.45) is 0.158. The number of hydrogen-bond acceptors (Lipinski definition) is 5. The molecular weight excluding hydrogens is 592 g/mol. The Labute approximate surface area is 279 Å². The van der Waals surface area contributed by atoms with Crippen molar-refractivity contribution in [3.05, 3.63) is 131 Å². The van der Waals surface area contributed by atoms with Crippen LogP contribution < -0.4 is 5.32 Å². The molecule has 0 radical (unpaired) electrons. The largest absolute Gasteiger partial charge is 0.480 e. The average molecular weight is 641 g/mol. The molecule has 0 aromatic heterocycles. The fourth-order valence-corrected chi connectivity index (χ4v) is 5.66. The second-order valence-corrected chi connectivity index (χ2v) is 10.8. The van der Waals surface area contributed by atoms with Crippen molar-refractivity contribution in [3.63, 3.8) is 0 Å². The Morgan fingerprint density at radius 2 is 1.17 bits per heavy atom. The quantitative estimate of drug-likeness (QED) is 0.147. The molecule has 0 spiro atoms. The van der Waals surface area contributed by atoms with Crippen LogP contribution in [0.5, 0.6) is 0 Å². The number of amides is 1. The average Bonchev–Trinajstić information content (AvgIpc) is 3.38. The topological polar surface area (TPSA) is 116 Å². The number of carboxylic acids is 2. The van der Waals surface area contributed by atoms with Gasteiger partial charge in [-0.15, -0.1) is 0 Å². The van der Waals surface area contributed by atoms with E-state index in [1.54, 1.807) is 6.92 Å². The Morgan fingerprint density at radius 1 is 0.702 bits per heavy atom. The van der Waals surface area contributed by atoms with E-state index >= 15 is 0 Å². The van der Waals surface area contributed by atoms with E-state index in [2.05, 4.69) is 29.6 Å². The number of nitrogens with zero attached hydrogens (tertiary/aromatic N) is 1. The molecule has 0 fully saturated rings. The molecule has 0 heterocycles. The fourth-order valence-electron chi connectivity index (χ4n) is 5.66. The molecule has 8 heteroatoms. The first-order chi connectivity index (χ1) is 21.8. The van der Waals surface area contributed by atoms with Gasteiger partial charge in [-0.05, 0) is 53.3 Å². The number of carboxylic acid groups (broad SMARTS) is 2. The number of rotatable bonds is 12. The second-order valence-electron chi connectivity index (χ2n) is 10.8. The van der Waals surface area contributed by atoms with Crippen LogP contribution in [0.2, 0.25) is 0 Å². The Bertz CT molecular complexity index is 1510. The summed E-state index contributed by atoms with van der Waals surface area (Å²) in [6.45, 7) is 4.76. The summed E-state index contributed by atoms with van der Waals surface area (Å²) in [4.78, 5) is 37.0. The van der Waals surface area contributed by atoms with Gasteiger partial charge in [0.15, 0.2) is 0 Å². The lowest BCUT2D eigenvalue weighted by Gasteiger charge is -2.28. The van der Waals surface area contributed by atoms with E-state index in [1.807, 2.05) is 91.9 Å². The van der Waals surface area contributed by atoms with Gasteiger partial charge in [-0.2, -0.15) is 0 Å². The van der Waals surface area contributed by atoms with E-state index in [4.69, 9.17) is 9.84 Å². The summed E-state index contributed by atoms with van der Waals surface area (Å²) < 4.78 is 5.69. The van der Waals surface area contributed by atoms with Crippen molar-refractivity contribution < 1.29 is 29.3 Å². The molecule has 250 valence electrons. The third-order valence-electron chi connectivity index (χ3n) is 7.88. The molecule has 8 nitrogen and oxygen atoms in total. The highest BCUT2D eigenvalue weighted by molar-refractivity contribution is 5.81. The zero-order chi connectivity index (χ0) is 32.2. The van der Waals surface area contributed by atoms with Crippen molar-refractivity contribution in [3.8, 4) is 11.1 Å². The third-order valence-corrected chi connectivity index (χ3v) is 7.88. The lowest BCUT2D eigenvalue weighted by molar-refractivity contribution is -0.142. The van der Waals surface area contributed by atoms with Gasteiger partial charge in [-0.1, -0.05) is 131 Å². The van der Waals surface area contributed by atoms with Gasteiger partial charge in [0.1, 0.15) is 18.7 Å². The molecule has 4 aromatic carbocycles. The summed E-state index contributed by atoms with van der Waals surface area (Å²) in [5, 5.41) is 21.6. The van der Waals surface area contributed by atoms with E-state index in [9.17, 15) is 19.5 Å². The fraction of sp³-hybridized carbons (Fsp3) is 0.308. The van der Waals surface area contributed by atoms with Crippen LogP contribution in [0.4, 0.5) is 4.79 Å². The van der Waals surface area contributed by atoms with Crippen LogP contribution >= 0.6 is 0 Å². The maximum atomic E-state index is 12.9. The number of fused-ring (bicyclic) bond motifs is 3. The van der Waals surface area contributed by atoms with Crippen molar-refractivity contribution >= 4 is 18.0 Å². The first-order valence-corrected chi connectivity index (χ1v) is 15.2. The van der Waals surface area contributed by atoms with Crippen LogP contribution in [0.1, 0.15) is 56.9 Å². The van der Waals surface area contributed by atoms with Crippen LogP contribution in [0.25, 0.3) is 11.1 Å². The van der Waals surface area contributed by atoms with Crippen molar-refractivity contribution in [2.45, 2.75) is 59.5 Å². The van der Waals surface area contributed by atoms with E-state index in [0.717, 1.165) is 33.4 Å². The predicted molar refractivity (Wildman–Crippen MR) is 188 cm³/mol. The van der Waals surface area contributed by atoms with Gasteiger partial charge >= 0.3 is 18.0 Å². The molecule has 0 unspecified atom stereocenters. The molecule has 0 bridgehead atoms. The minimum absolute atomic E-state index is 0. The Balaban J connectivity index is 0.000000408. The van der Waals surface area contributed by atoms with Gasteiger partial charge in [-0.25, -0.2) is 9.59 Å². The monoisotopic (exact) mass is 640 g/mol. The molecular formula is C39H48N2O6. The summed E-state index contributed by atoms with van der Waals surface area (Å²) in [5.74, 6) is -1.90. The molecule has 5 rings (SSSR count). The molecule has 2 atom stereocenters. The lowest BCUT2D eigenvalue weighted by atomic mass is 9.98. The summed E-state index contributed by atoms with van der Waals surface area (Å²) in [6, 6.07) is 33.7. The Kier molecular flexibility index (Phi) is 15.4. The maximum Gasteiger partial charge on any atom is 0.410 e. The second kappa shape index (κ2) is 18.9. The molecule has 1 aliphatic rings. The molecule has 1 aliphatic carbocycles. The van der Waals surface area contributed by atoms with Crippen LogP contribution in [0.3, 0.4) is 0 Å². The van der Waals surface area contributed by atoms with Gasteiger partial charge in [0.05, 0.1) is 0 Å². The molecule has 3 N–H and O–H groups in total. The Hall–Kier alpha value is -4.95. The van der Waals surface area contributed by atoms with E-state index in [-0.39, 0.29) is 40.3 Å². The van der Waals surface area contributed by atoms with Crippen molar-refractivity contribution in [2.24, 2.45) is 0 Å². The highest BCUT2D eigenvalue weighted by Gasteiger charge is 2.33. The molecule has 1 amide bonds. The first-order valence-electron chi connectivity index (χ1n) is 15.2. The molecule has 0 saturated heterocycles. The maximum absolute atomic E-state index is 12.9. The third kappa shape index (κ3) is 10.0. The number of carbonyl (C=O) groups excluding carboxylic acids is 1. The molecule has 4 aromatic rings. The number of benzene rings is 4. The van der Waals surface area contributed by atoms with Crippen LogP contribution in [-0.2, 0) is 27.2 Å². The van der Waals surface area contributed by atoms with Gasteiger partial charge in [0.2, 0.25) is 0 Å².